The van der Waals surface area contributed by atoms with Gasteiger partial charge in [0, 0.05) is 44.9 Å². The maximum atomic E-state index is 11.4. The first-order chi connectivity index (χ1) is 12.3. The van der Waals surface area contributed by atoms with Crippen LogP contribution >= 0.6 is 0 Å². The van der Waals surface area contributed by atoms with E-state index in [2.05, 4.69) is 22.8 Å². The van der Waals surface area contributed by atoms with Gasteiger partial charge < -0.3 is 14.4 Å². The molecule has 1 saturated carbocycles. The molecular weight excluding hydrogens is 316 g/mol. The van der Waals surface area contributed by atoms with Crippen molar-refractivity contribution < 1.29 is 14.3 Å². The Labute approximate surface area is 150 Å². The number of carbonyl (C=O) groups is 1. The molecule has 138 valence electrons. The summed E-state index contributed by atoms with van der Waals surface area (Å²) in [7, 11) is 1.67. The van der Waals surface area contributed by atoms with Crippen molar-refractivity contribution in [3.8, 4) is 5.75 Å². The Balaban J connectivity index is 1.76. The average Bonchev–Trinajstić information content (AvgIpc) is 2.60. The highest BCUT2D eigenvalue weighted by molar-refractivity contribution is 5.81. The largest absolute Gasteiger partial charge is 0.489 e. The third-order valence-electron chi connectivity index (χ3n) is 5.52. The first-order valence-corrected chi connectivity index (χ1v) is 9.49. The number of nitrogens with zero attached hydrogens (tertiary/aromatic N) is 2. The number of methoxy groups -OCH3 is 1. The topological polar surface area (TPSA) is 42.0 Å². The minimum Gasteiger partial charge on any atom is -0.489 e. The lowest BCUT2D eigenvalue weighted by Gasteiger charge is -2.43. The number of hydrogen-bond donors (Lipinski definition) is 0. The SMILES string of the molecule is CCc1cc(N2CCN(C3CCC3)CC2)c(OCCOC)cc1C=O. The molecule has 2 fully saturated rings. The Hall–Kier alpha value is -1.59. The molecule has 0 unspecified atom stereocenters. The number of piperazine rings is 1. The van der Waals surface area contributed by atoms with E-state index < -0.39 is 0 Å². The highest BCUT2D eigenvalue weighted by Gasteiger charge is 2.29. The van der Waals surface area contributed by atoms with Crippen LogP contribution in [0.3, 0.4) is 0 Å². The van der Waals surface area contributed by atoms with E-state index in [1.807, 2.05) is 6.07 Å². The predicted octanol–water partition coefficient (Wildman–Crippen LogP) is 2.76. The molecular formula is C20H30N2O3. The molecule has 0 bridgehead atoms. The van der Waals surface area contributed by atoms with Gasteiger partial charge in [0.15, 0.2) is 0 Å². The fourth-order valence-corrected chi connectivity index (χ4v) is 3.72. The van der Waals surface area contributed by atoms with Crippen LogP contribution in [0.5, 0.6) is 5.75 Å². The van der Waals surface area contributed by atoms with Crippen LogP contribution in [0.25, 0.3) is 0 Å². The van der Waals surface area contributed by atoms with Crippen molar-refractivity contribution in [2.75, 3.05) is 51.4 Å². The van der Waals surface area contributed by atoms with Crippen LogP contribution in [-0.4, -0.2) is 63.7 Å². The lowest BCUT2D eigenvalue weighted by molar-refractivity contribution is 0.112. The smallest absolute Gasteiger partial charge is 0.150 e. The maximum Gasteiger partial charge on any atom is 0.150 e. The molecule has 0 spiro atoms. The second-order valence-electron chi connectivity index (χ2n) is 6.94. The van der Waals surface area contributed by atoms with Crippen molar-refractivity contribution in [3.63, 3.8) is 0 Å². The Morgan fingerprint density at radius 3 is 2.48 bits per heavy atom. The highest BCUT2D eigenvalue weighted by atomic mass is 16.5. The number of hydrogen-bond acceptors (Lipinski definition) is 5. The third-order valence-corrected chi connectivity index (χ3v) is 5.52. The van der Waals surface area contributed by atoms with E-state index in [1.54, 1.807) is 7.11 Å². The Morgan fingerprint density at radius 1 is 1.16 bits per heavy atom. The van der Waals surface area contributed by atoms with Crippen LogP contribution in [0.1, 0.15) is 42.1 Å². The van der Waals surface area contributed by atoms with E-state index in [0.717, 1.165) is 67.5 Å². The summed E-state index contributed by atoms with van der Waals surface area (Å²) in [5, 5.41) is 0. The van der Waals surface area contributed by atoms with Gasteiger partial charge in [0.05, 0.1) is 12.3 Å². The minimum atomic E-state index is 0.495. The van der Waals surface area contributed by atoms with Crippen molar-refractivity contribution in [2.45, 2.75) is 38.6 Å². The van der Waals surface area contributed by atoms with Gasteiger partial charge in [-0.3, -0.25) is 9.69 Å². The average molecular weight is 346 g/mol. The summed E-state index contributed by atoms with van der Waals surface area (Å²) in [6, 6.07) is 4.85. The third kappa shape index (κ3) is 4.15. The molecule has 0 atom stereocenters. The molecule has 5 nitrogen and oxygen atoms in total. The van der Waals surface area contributed by atoms with Crippen molar-refractivity contribution in [1.82, 2.24) is 4.90 Å². The van der Waals surface area contributed by atoms with Gasteiger partial charge in [-0.2, -0.15) is 0 Å². The van der Waals surface area contributed by atoms with Crippen LogP contribution in [0.15, 0.2) is 12.1 Å². The van der Waals surface area contributed by atoms with E-state index >= 15 is 0 Å². The number of ether oxygens (including phenoxy) is 2. The van der Waals surface area contributed by atoms with Gasteiger partial charge in [0.25, 0.3) is 0 Å². The monoisotopic (exact) mass is 346 g/mol. The van der Waals surface area contributed by atoms with Crippen LogP contribution in [-0.2, 0) is 11.2 Å². The molecule has 1 aliphatic carbocycles. The van der Waals surface area contributed by atoms with E-state index in [-0.39, 0.29) is 0 Å². The standard InChI is InChI=1S/C20H30N2O3/c1-3-16-13-19(20(14-17(16)15-23)25-12-11-24-2)22-9-7-21(8-10-22)18-5-4-6-18/h13-15,18H,3-12H2,1-2H3. The fraction of sp³-hybridized carbons (Fsp3) is 0.650. The molecule has 3 rings (SSSR count). The van der Waals surface area contributed by atoms with Gasteiger partial charge in [-0.15, -0.1) is 0 Å². The van der Waals surface area contributed by atoms with E-state index in [0.29, 0.717) is 13.2 Å². The molecule has 0 radical (unpaired) electrons. The van der Waals surface area contributed by atoms with Crippen LogP contribution in [0, 0.1) is 0 Å². The summed E-state index contributed by atoms with van der Waals surface area (Å²) in [6.07, 6.45) is 5.88. The molecule has 1 heterocycles. The maximum absolute atomic E-state index is 11.4. The van der Waals surface area contributed by atoms with E-state index in [4.69, 9.17) is 9.47 Å². The summed E-state index contributed by atoms with van der Waals surface area (Å²) in [5.41, 5.74) is 2.93. The number of aldehydes is 1. The van der Waals surface area contributed by atoms with Crippen LogP contribution in [0.4, 0.5) is 5.69 Å². The lowest BCUT2D eigenvalue weighted by atomic mass is 9.91. The summed E-state index contributed by atoms with van der Waals surface area (Å²) in [4.78, 5) is 16.5. The Kier molecular flexibility index (Phi) is 6.32. The number of carbonyl (C=O) groups excluding carboxylic acids is 1. The summed E-state index contributed by atoms with van der Waals surface area (Å²) in [5.74, 6) is 0.799. The van der Waals surface area contributed by atoms with Gasteiger partial charge in [0.1, 0.15) is 18.6 Å². The fourth-order valence-electron chi connectivity index (χ4n) is 3.72. The van der Waals surface area contributed by atoms with Crippen molar-refractivity contribution in [2.24, 2.45) is 0 Å². The summed E-state index contributed by atoms with van der Waals surface area (Å²) in [6.45, 7) is 7.38. The van der Waals surface area contributed by atoms with E-state index in [9.17, 15) is 4.79 Å². The molecule has 0 N–H and O–H groups in total. The second-order valence-corrected chi connectivity index (χ2v) is 6.94. The van der Waals surface area contributed by atoms with Crippen molar-refractivity contribution >= 4 is 12.0 Å². The number of benzene rings is 1. The second kappa shape index (κ2) is 8.68. The molecule has 1 aromatic carbocycles. The van der Waals surface area contributed by atoms with Crippen LogP contribution in [0.2, 0.25) is 0 Å². The zero-order chi connectivity index (χ0) is 17.6. The lowest BCUT2D eigenvalue weighted by Crippen LogP contribution is -2.52. The molecule has 0 amide bonds. The number of rotatable bonds is 8. The molecule has 25 heavy (non-hydrogen) atoms. The Bertz CT molecular complexity index is 579. The summed E-state index contributed by atoms with van der Waals surface area (Å²) >= 11 is 0. The van der Waals surface area contributed by atoms with Gasteiger partial charge in [0.2, 0.25) is 0 Å². The van der Waals surface area contributed by atoms with Crippen molar-refractivity contribution in [1.29, 1.82) is 0 Å². The van der Waals surface area contributed by atoms with Gasteiger partial charge in [-0.05, 0) is 37.0 Å². The molecule has 5 heteroatoms. The highest BCUT2D eigenvalue weighted by Crippen LogP contribution is 2.34. The first kappa shape index (κ1) is 18.2. The van der Waals surface area contributed by atoms with Gasteiger partial charge in [-0.1, -0.05) is 13.3 Å². The zero-order valence-corrected chi connectivity index (χ0v) is 15.5. The normalized spacial score (nSPS) is 18.9. The molecule has 0 aromatic heterocycles. The minimum absolute atomic E-state index is 0.495. The van der Waals surface area contributed by atoms with E-state index in [1.165, 1.54) is 19.3 Å². The van der Waals surface area contributed by atoms with Crippen LogP contribution < -0.4 is 9.64 Å². The van der Waals surface area contributed by atoms with Gasteiger partial charge in [-0.25, -0.2) is 0 Å². The zero-order valence-electron chi connectivity index (χ0n) is 15.5. The quantitative estimate of drug-likeness (QED) is 0.535. The predicted molar refractivity (Wildman–Crippen MR) is 100 cm³/mol. The van der Waals surface area contributed by atoms with Gasteiger partial charge >= 0.3 is 0 Å². The molecule has 1 aromatic rings. The Morgan fingerprint density at radius 2 is 1.92 bits per heavy atom. The molecule has 1 saturated heterocycles. The number of aryl methyl sites for hydroxylation is 1. The van der Waals surface area contributed by atoms with Crippen molar-refractivity contribution in [3.05, 3.63) is 23.3 Å². The number of anilines is 1. The molecule has 2 aliphatic rings. The first-order valence-electron chi connectivity index (χ1n) is 9.49. The summed E-state index contributed by atoms with van der Waals surface area (Å²) < 4.78 is 11.0. The molecule has 1 aliphatic heterocycles.